The Hall–Kier alpha value is -2.11. The summed E-state index contributed by atoms with van der Waals surface area (Å²) in [5.41, 5.74) is 1.79. The Morgan fingerprint density at radius 3 is 3.00 bits per heavy atom. The summed E-state index contributed by atoms with van der Waals surface area (Å²) in [5.74, 6) is -0.509. The molecule has 0 aliphatic heterocycles. The second-order valence-corrected chi connectivity index (χ2v) is 4.49. The molecule has 6 heteroatoms. The standard InChI is InChI=1S/C12H16N4O2/c1-8(12(17)18)7-15(3)11-10-6-9(2)14-16(10)5-4-13-11/h4-6,8H,7H2,1-3H3,(H,17,18). The third kappa shape index (κ3) is 2.27. The average Bonchev–Trinajstić information content (AvgIpc) is 2.68. The molecule has 1 unspecified atom stereocenters. The third-order valence-corrected chi connectivity index (χ3v) is 2.82. The lowest BCUT2D eigenvalue weighted by Gasteiger charge is -2.20. The van der Waals surface area contributed by atoms with E-state index in [1.807, 2.05) is 24.9 Å². The van der Waals surface area contributed by atoms with Crippen molar-refractivity contribution in [2.45, 2.75) is 13.8 Å². The number of carboxylic acid groups (broad SMARTS) is 1. The first-order valence-electron chi connectivity index (χ1n) is 5.74. The summed E-state index contributed by atoms with van der Waals surface area (Å²) >= 11 is 0. The maximum absolute atomic E-state index is 10.9. The molecular formula is C12H16N4O2. The molecule has 0 aromatic carbocycles. The van der Waals surface area contributed by atoms with Gasteiger partial charge in [0.2, 0.25) is 0 Å². The smallest absolute Gasteiger partial charge is 0.308 e. The van der Waals surface area contributed by atoms with Gasteiger partial charge in [0.15, 0.2) is 5.82 Å². The molecule has 1 atom stereocenters. The summed E-state index contributed by atoms with van der Waals surface area (Å²) in [5, 5.41) is 13.2. The number of hydrogen-bond acceptors (Lipinski definition) is 4. The summed E-state index contributed by atoms with van der Waals surface area (Å²) in [6.45, 7) is 4.00. The van der Waals surface area contributed by atoms with Crippen molar-refractivity contribution in [3.63, 3.8) is 0 Å². The molecule has 0 spiro atoms. The van der Waals surface area contributed by atoms with Crippen LogP contribution in [-0.4, -0.2) is 39.3 Å². The molecule has 0 fully saturated rings. The fourth-order valence-corrected chi connectivity index (χ4v) is 1.90. The molecule has 2 aromatic heterocycles. The number of hydrogen-bond donors (Lipinski definition) is 1. The van der Waals surface area contributed by atoms with Gasteiger partial charge in [0, 0.05) is 26.0 Å². The fourth-order valence-electron chi connectivity index (χ4n) is 1.90. The second kappa shape index (κ2) is 4.64. The molecular weight excluding hydrogens is 232 g/mol. The first-order chi connectivity index (χ1) is 8.49. The van der Waals surface area contributed by atoms with Crippen LogP contribution in [0.15, 0.2) is 18.5 Å². The van der Waals surface area contributed by atoms with Crippen molar-refractivity contribution < 1.29 is 9.90 Å². The molecule has 0 saturated heterocycles. The Kier molecular flexibility index (Phi) is 3.18. The molecule has 96 valence electrons. The number of rotatable bonds is 4. The lowest BCUT2D eigenvalue weighted by molar-refractivity contribution is -0.140. The molecule has 2 rings (SSSR count). The molecule has 0 amide bonds. The third-order valence-electron chi connectivity index (χ3n) is 2.82. The van der Waals surface area contributed by atoms with Gasteiger partial charge in [-0.05, 0) is 13.0 Å². The van der Waals surface area contributed by atoms with E-state index < -0.39 is 11.9 Å². The highest BCUT2D eigenvalue weighted by Gasteiger charge is 2.16. The Morgan fingerprint density at radius 1 is 1.61 bits per heavy atom. The molecule has 6 nitrogen and oxygen atoms in total. The normalized spacial score (nSPS) is 12.6. The van der Waals surface area contributed by atoms with Crippen molar-refractivity contribution in [1.82, 2.24) is 14.6 Å². The van der Waals surface area contributed by atoms with Crippen molar-refractivity contribution in [2.24, 2.45) is 5.92 Å². The average molecular weight is 248 g/mol. The summed E-state index contributed by atoms with van der Waals surface area (Å²) in [6, 6.07) is 1.93. The van der Waals surface area contributed by atoms with Crippen LogP contribution in [0.4, 0.5) is 5.82 Å². The number of carbonyl (C=O) groups is 1. The van der Waals surface area contributed by atoms with Gasteiger partial charge in [-0.15, -0.1) is 0 Å². The molecule has 2 heterocycles. The van der Waals surface area contributed by atoms with Crippen molar-refractivity contribution in [1.29, 1.82) is 0 Å². The van der Waals surface area contributed by atoms with Gasteiger partial charge in [-0.3, -0.25) is 4.79 Å². The summed E-state index contributed by atoms with van der Waals surface area (Å²) in [7, 11) is 1.84. The maximum Gasteiger partial charge on any atom is 0.308 e. The highest BCUT2D eigenvalue weighted by molar-refractivity contribution is 5.72. The summed E-state index contributed by atoms with van der Waals surface area (Å²) in [6.07, 6.45) is 3.44. The predicted octanol–water partition coefficient (Wildman–Crippen LogP) is 1.19. The Labute approximate surface area is 105 Å². The predicted molar refractivity (Wildman–Crippen MR) is 67.8 cm³/mol. The van der Waals surface area contributed by atoms with Gasteiger partial charge in [0.1, 0.15) is 5.52 Å². The molecule has 2 aromatic rings. The van der Waals surface area contributed by atoms with Gasteiger partial charge in [-0.2, -0.15) is 5.10 Å². The van der Waals surface area contributed by atoms with Gasteiger partial charge >= 0.3 is 5.97 Å². The number of nitrogens with zero attached hydrogens (tertiary/aromatic N) is 4. The summed E-state index contributed by atoms with van der Waals surface area (Å²) in [4.78, 5) is 17.0. The molecule has 1 N–H and O–H groups in total. The van der Waals surface area contributed by atoms with Gasteiger partial charge in [-0.25, -0.2) is 9.50 Å². The van der Waals surface area contributed by atoms with E-state index in [2.05, 4.69) is 10.1 Å². The fraction of sp³-hybridized carbons (Fsp3) is 0.417. The van der Waals surface area contributed by atoms with E-state index in [1.165, 1.54) is 0 Å². The van der Waals surface area contributed by atoms with Crippen molar-refractivity contribution >= 4 is 17.3 Å². The summed E-state index contributed by atoms with van der Waals surface area (Å²) < 4.78 is 1.75. The van der Waals surface area contributed by atoms with Crippen LogP contribution in [0.25, 0.3) is 5.52 Å². The van der Waals surface area contributed by atoms with E-state index in [0.29, 0.717) is 6.54 Å². The lowest BCUT2D eigenvalue weighted by atomic mass is 10.2. The van der Waals surface area contributed by atoms with Crippen LogP contribution in [-0.2, 0) is 4.79 Å². The van der Waals surface area contributed by atoms with E-state index in [-0.39, 0.29) is 0 Å². The monoisotopic (exact) mass is 248 g/mol. The molecule has 0 aliphatic rings. The topological polar surface area (TPSA) is 70.7 Å². The van der Waals surface area contributed by atoms with Crippen molar-refractivity contribution in [3.8, 4) is 0 Å². The van der Waals surface area contributed by atoms with E-state index in [4.69, 9.17) is 5.11 Å². The molecule has 0 aliphatic carbocycles. The van der Waals surface area contributed by atoms with Gasteiger partial charge < -0.3 is 10.0 Å². The second-order valence-electron chi connectivity index (χ2n) is 4.49. The number of anilines is 1. The molecule has 0 radical (unpaired) electrons. The number of aryl methyl sites for hydroxylation is 1. The molecule has 18 heavy (non-hydrogen) atoms. The minimum Gasteiger partial charge on any atom is -0.481 e. The minimum atomic E-state index is -0.807. The largest absolute Gasteiger partial charge is 0.481 e. The highest BCUT2D eigenvalue weighted by atomic mass is 16.4. The SMILES string of the molecule is Cc1cc2c(N(C)CC(C)C(=O)O)nccn2n1. The van der Waals surface area contributed by atoms with Crippen LogP contribution < -0.4 is 4.90 Å². The van der Waals surface area contributed by atoms with Crippen LogP contribution in [0.5, 0.6) is 0 Å². The number of carboxylic acids is 1. The highest BCUT2D eigenvalue weighted by Crippen LogP contribution is 2.19. The lowest BCUT2D eigenvalue weighted by Crippen LogP contribution is -2.29. The molecule has 0 bridgehead atoms. The Balaban J connectivity index is 2.32. The van der Waals surface area contributed by atoms with Gasteiger partial charge in [0.05, 0.1) is 11.6 Å². The number of aromatic nitrogens is 3. The quantitative estimate of drug-likeness (QED) is 0.880. The van der Waals surface area contributed by atoms with Crippen LogP contribution in [0, 0.1) is 12.8 Å². The zero-order valence-corrected chi connectivity index (χ0v) is 10.7. The Morgan fingerprint density at radius 2 is 2.33 bits per heavy atom. The van der Waals surface area contributed by atoms with E-state index in [0.717, 1.165) is 17.0 Å². The van der Waals surface area contributed by atoms with E-state index in [1.54, 1.807) is 23.8 Å². The van der Waals surface area contributed by atoms with E-state index in [9.17, 15) is 4.79 Å². The van der Waals surface area contributed by atoms with Crippen LogP contribution in [0.3, 0.4) is 0 Å². The van der Waals surface area contributed by atoms with Crippen LogP contribution in [0.1, 0.15) is 12.6 Å². The number of fused-ring (bicyclic) bond motifs is 1. The molecule has 0 saturated carbocycles. The van der Waals surface area contributed by atoms with Crippen molar-refractivity contribution in [3.05, 3.63) is 24.2 Å². The minimum absolute atomic E-state index is 0.409. The Bertz CT molecular complexity index is 578. The first-order valence-corrected chi connectivity index (χ1v) is 5.74. The number of aliphatic carboxylic acids is 1. The maximum atomic E-state index is 10.9. The van der Waals surface area contributed by atoms with Crippen molar-refractivity contribution in [2.75, 3.05) is 18.5 Å². The van der Waals surface area contributed by atoms with Gasteiger partial charge in [0.25, 0.3) is 0 Å². The van der Waals surface area contributed by atoms with Crippen LogP contribution >= 0.6 is 0 Å². The zero-order chi connectivity index (χ0) is 13.3. The van der Waals surface area contributed by atoms with Crippen LogP contribution in [0.2, 0.25) is 0 Å². The van der Waals surface area contributed by atoms with Gasteiger partial charge in [-0.1, -0.05) is 6.92 Å². The van der Waals surface area contributed by atoms with E-state index >= 15 is 0 Å². The zero-order valence-electron chi connectivity index (χ0n) is 10.7. The first kappa shape index (κ1) is 12.3.